The lowest BCUT2D eigenvalue weighted by Crippen LogP contribution is -2.67. The van der Waals surface area contributed by atoms with E-state index in [1.807, 2.05) is 11.8 Å². The lowest BCUT2D eigenvalue weighted by atomic mass is 10.2. The topological polar surface area (TPSA) is 29.5 Å². The van der Waals surface area contributed by atoms with Crippen LogP contribution in [0.25, 0.3) is 0 Å². The molecule has 134 valence electrons. The van der Waals surface area contributed by atoms with E-state index in [0.29, 0.717) is 11.9 Å². The predicted octanol–water partition coefficient (Wildman–Crippen LogP) is 3.43. The van der Waals surface area contributed by atoms with Crippen molar-refractivity contribution in [1.29, 1.82) is 0 Å². The number of aliphatic hydroxyl groups excluding tert-OH is 1. The van der Waals surface area contributed by atoms with Gasteiger partial charge in [-0.05, 0) is 21.8 Å². The maximum Gasteiger partial charge on any atom is 0.261 e. The molecular weight excluding hydrogens is 344 g/mol. The van der Waals surface area contributed by atoms with Crippen LogP contribution in [0.1, 0.15) is 27.2 Å². The first-order valence-corrected chi connectivity index (χ1v) is 11.9. The van der Waals surface area contributed by atoms with Crippen molar-refractivity contribution in [2.45, 2.75) is 43.6 Å². The Kier molecular flexibility index (Phi) is 5.74. The minimum absolute atomic E-state index is 0.0115. The molecule has 1 fully saturated rings. The van der Waals surface area contributed by atoms with Crippen molar-refractivity contribution in [3.8, 4) is 0 Å². The molecule has 3 rings (SSSR count). The maximum absolute atomic E-state index is 9.86. The van der Waals surface area contributed by atoms with Crippen LogP contribution >= 0.6 is 11.8 Å². The number of hydrogen-bond donors (Lipinski definition) is 1. The number of rotatable bonds is 5. The fourth-order valence-corrected chi connectivity index (χ4v) is 9.66. The third-order valence-electron chi connectivity index (χ3n) is 4.96. The van der Waals surface area contributed by atoms with Gasteiger partial charge in [0, 0.05) is 17.6 Å². The molecule has 0 unspecified atom stereocenters. The minimum atomic E-state index is -2.43. The first-order chi connectivity index (χ1) is 11.9. The average Bonchev–Trinajstić information content (AvgIpc) is 3.02. The van der Waals surface area contributed by atoms with E-state index in [1.165, 1.54) is 10.4 Å². The second-order valence-corrected chi connectivity index (χ2v) is 13.5. The molecule has 0 amide bonds. The third kappa shape index (κ3) is 3.87. The highest BCUT2D eigenvalue weighted by Crippen LogP contribution is 2.38. The molecular formula is C21H28O2SSi. The number of hydrogen-bond acceptors (Lipinski definition) is 3. The molecule has 1 aliphatic heterocycles. The van der Waals surface area contributed by atoms with E-state index >= 15 is 0 Å². The Labute approximate surface area is 156 Å². The Morgan fingerprint density at radius 1 is 1.00 bits per heavy atom. The summed E-state index contributed by atoms with van der Waals surface area (Å²) in [7, 11) is -2.43. The third-order valence-corrected chi connectivity index (χ3v) is 11.3. The molecule has 2 aromatic rings. The van der Waals surface area contributed by atoms with Crippen molar-refractivity contribution >= 4 is 30.5 Å². The SMILES string of the molecule is CC(C)(C)[Si](OC[C@@H]1C[C@H](O)CS1)(c1ccccc1)c1ccccc1. The van der Waals surface area contributed by atoms with Crippen LogP contribution in [0, 0.1) is 0 Å². The van der Waals surface area contributed by atoms with Crippen LogP contribution in [-0.4, -0.2) is 37.1 Å². The van der Waals surface area contributed by atoms with E-state index in [1.54, 1.807) is 0 Å². The summed E-state index contributed by atoms with van der Waals surface area (Å²) in [5.74, 6) is 0.828. The van der Waals surface area contributed by atoms with Gasteiger partial charge in [-0.2, -0.15) is 11.8 Å². The van der Waals surface area contributed by atoms with Crippen LogP contribution in [0.4, 0.5) is 0 Å². The molecule has 0 radical (unpaired) electrons. The molecule has 2 atom stereocenters. The Morgan fingerprint density at radius 2 is 1.52 bits per heavy atom. The highest BCUT2D eigenvalue weighted by molar-refractivity contribution is 8.00. The Hall–Kier alpha value is -1.07. The lowest BCUT2D eigenvalue weighted by Gasteiger charge is -2.43. The summed E-state index contributed by atoms with van der Waals surface area (Å²) in [6.45, 7) is 7.61. The molecule has 2 nitrogen and oxygen atoms in total. The summed E-state index contributed by atoms with van der Waals surface area (Å²) in [5.41, 5.74) is 0. The zero-order valence-electron chi connectivity index (χ0n) is 15.3. The molecule has 1 heterocycles. The normalized spacial score (nSPS) is 21.4. The second kappa shape index (κ2) is 7.66. The molecule has 0 saturated carbocycles. The summed E-state index contributed by atoms with van der Waals surface area (Å²) < 4.78 is 6.91. The van der Waals surface area contributed by atoms with Crippen molar-refractivity contribution in [1.82, 2.24) is 0 Å². The fourth-order valence-electron chi connectivity index (χ4n) is 3.78. The average molecular weight is 373 g/mol. The number of benzene rings is 2. The monoisotopic (exact) mass is 372 g/mol. The first kappa shape index (κ1) is 18.7. The van der Waals surface area contributed by atoms with Gasteiger partial charge in [-0.1, -0.05) is 81.4 Å². The quantitative estimate of drug-likeness (QED) is 0.816. The van der Waals surface area contributed by atoms with Gasteiger partial charge in [0.25, 0.3) is 8.32 Å². The van der Waals surface area contributed by atoms with E-state index in [9.17, 15) is 5.11 Å². The van der Waals surface area contributed by atoms with E-state index in [2.05, 4.69) is 81.4 Å². The van der Waals surface area contributed by atoms with Gasteiger partial charge < -0.3 is 9.53 Å². The first-order valence-electron chi connectivity index (χ1n) is 8.98. The maximum atomic E-state index is 9.86. The standard InChI is InChI=1S/C21H28O2SSi/c1-21(2,3)25(19-10-6-4-7-11-19,20-12-8-5-9-13-20)23-15-18-14-17(22)16-24-18/h4-13,17-18,22H,14-16H2,1-3H3/t17-,18-/m0/s1. The summed E-state index contributed by atoms with van der Waals surface area (Å²) in [5, 5.41) is 12.9. The van der Waals surface area contributed by atoms with Gasteiger partial charge in [0.05, 0.1) is 6.10 Å². The zero-order chi connectivity index (χ0) is 17.9. The molecule has 4 heteroatoms. The summed E-state index contributed by atoms with van der Waals surface area (Å²) in [4.78, 5) is 0. The summed E-state index contributed by atoms with van der Waals surface area (Å²) in [6, 6.07) is 21.5. The molecule has 0 spiro atoms. The van der Waals surface area contributed by atoms with Crippen LogP contribution in [0.3, 0.4) is 0 Å². The van der Waals surface area contributed by atoms with E-state index in [4.69, 9.17) is 4.43 Å². The van der Waals surface area contributed by atoms with Crippen LogP contribution in [-0.2, 0) is 4.43 Å². The summed E-state index contributed by atoms with van der Waals surface area (Å²) >= 11 is 1.84. The number of thioether (sulfide) groups is 1. The molecule has 1 saturated heterocycles. The van der Waals surface area contributed by atoms with Gasteiger partial charge >= 0.3 is 0 Å². The lowest BCUT2D eigenvalue weighted by molar-refractivity contribution is 0.186. The highest BCUT2D eigenvalue weighted by Gasteiger charge is 2.50. The van der Waals surface area contributed by atoms with E-state index in [0.717, 1.165) is 12.2 Å². The Morgan fingerprint density at radius 3 is 1.92 bits per heavy atom. The largest absolute Gasteiger partial charge is 0.406 e. The van der Waals surface area contributed by atoms with Crippen molar-refractivity contribution in [2.24, 2.45) is 0 Å². The van der Waals surface area contributed by atoms with Gasteiger partial charge in [-0.25, -0.2) is 0 Å². The van der Waals surface area contributed by atoms with Gasteiger partial charge in [-0.3, -0.25) is 0 Å². The zero-order valence-corrected chi connectivity index (χ0v) is 17.1. The van der Waals surface area contributed by atoms with Crippen LogP contribution < -0.4 is 10.4 Å². The smallest absolute Gasteiger partial charge is 0.261 e. The summed E-state index contributed by atoms with van der Waals surface area (Å²) in [6.07, 6.45) is 0.654. The molecule has 1 aliphatic rings. The van der Waals surface area contributed by atoms with Crippen LogP contribution in [0.5, 0.6) is 0 Å². The number of aliphatic hydroxyl groups is 1. The second-order valence-electron chi connectivity index (χ2n) is 7.82. The predicted molar refractivity (Wildman–Crippen MR) is 110 cm³/mol. The van der Waals surface area contributed by atoms with Gasteiger partial charge in [-0.15, -0.1) is 0 Å². The molecule has 0 bridgehead atoms. The fraction of sp³-hybridized carbons (Fsp3) is 0.429. The minimum Gasteiger partial charge on any atom is -0.406 e. The van der Waals surface area contributed by atoms with Crippen LogP contribution in [0.2, 0.25) is 5.04 Å². The van der Waals surface area contributed by atoms with Crippen LogP contribution in [0.15, 0.2) is 60.7 Å². The van der Waals surface area contributed by atoms with E-state index in [-0.39, 0.29) is 11.1 Å². The molecule has 0 aromatic heterocycles. The van der Waals surface area contributed by atoms with Crippen molar-refractivity contribution in [2.75, 3.05) is 12.4 Å². The van der Waals surface area contributed by atoms with E-state index < -0.39 is 8.32 Å². The molecule has 2 aromatic carbocycles. The van der Waals surface area contributed by atoms with Crippen molar-refractivity contribution in [3.63, 3.8) is 0 Å². The molecule has 25 heavy (non-hydrogen) atoms. The van der Waals surface area contributed by atoms with Gasteiger partial charge in [0.15, 0.2) is 0 Å². The highest BCUT2D eigenvalue weighted by atomic mass is 32.2. The van der Waals surface area contributed by atoms with Crippen molar-refractivity contribution < 1.29 is 9.53 Å². The van der Waals surface area contributed by atoms with Gasteiger partial charge in [0.2, 0.25) is 0 Å². The Bertz CT molecular complexity index is 630. The molecule has 0 aliphatic carbocycles. The molecule has 1 N–H and O–H groups in total. The van der Waals surface area contributed by atoms with Crippen molar-refractivity contribution in [3.05, 3.63) is 60.7 Å². The van der Waals surface area contributed by atoms with Gasteiger partial charge in [0.1, 0.15) is 0 Å². The Balaban J connectivity index is 2.02.